The topological polar surface area (TPSA) is 72.6 Å². The number of benzene rings is 1. The van der Waals surface area contributed by atoms with Crippen LogP contribution in [0.2, 0.25) is 5.02 Å². The zero-order valence-electron chi connectivity index (χ0n) is 8.94. The van der Waals surface area contributed by atoms with Crippen LogP contribution in [-0.4, -0.2) is 17.6 Å². The summed E-state index contributed by atoms with van der Waals surface area (Å²) in [6, 6.07) is 4.98. The van der Waals surface area contributed by atoms with Gasteiger partial charge in [0.15, 0.2) is 0 Å². The van der Waals surface area contributed by atoms with Crippen LogP contribution in [0.3, 0.4) is 0 Å². The molecule has 3 N–H and O–H groups in total. The first-order valence-electron chi connectivity index (χ1n) is 4.86. The predicted molar refractivity (Wildman–Crippen MR) is 61.2 cm³/mol. The summed E-state index contributed by atoms with van der Waals surface area (Å²) in [6.07, 6.45) is 0. The lowest BCUT2D eigenvalue weighted by molar-refractivity contribution is -0.122. The maximum absolute atomic E-state index is 10.8. The van der Waals surface area contributed by atoms with Crippen molar-refractivity contribution in [3.63, 3.8) is 0 Å². The van der Waals surface area contributed by atoms with Gasteiger partial charge in [0, 0.05) is 0 Å². The van der Waals surface area contributed by atoms with Crippen LogP contribution in [-0.2, 0) is 11.4 Å². The van der Waals surface area contributed by atoms with Gasteiger partial charge in [0.25, 0.3) is 0 Å². The number of aliphatic hydroxyl groups is 1. The molecule has 0 fully saturated rings. The SMILES string of the molecule is CC(COc1ccc(CO)cc1Cl)C(N)=O. The van der Waals surface area contributed by atoms with E-state index in [4.69, 9.17) is 27.2 Å². The fraction of sp³-hybridized carbons (Fsp3) is 0.364. The van der Waals surface area contributed by atoms with Gasteiger partial charge < -0.3 is 15.6 Å². The fourth-order valence-electron chi connectivity index (χ4n) is 1.06. The van der Waals surface area contributed by atoms with Crippen LogP contribution in [0, 0.1) is 5.92 Å². The molecular formula is C11H14ClNO3. The molecule has 0 heterocycles. The summed E-state index contributed by atoms with van der Waals surface area (Å²) in [4.78, 5) is 10.8. The van der Waals surface area contributed by atoms with E-state index in [-0.39, 0.29) is 19.1 Å². The Bertz CT molecular complexity index is 381. The molecule has 1 rings (SSSR count). The van der Waals surface area contributed by atoms with Gasteiger partial charge >= 0.3 is 0 Å². The summed E-state index contributed by atoms with van der Waals surface area (Å²) in [7, 11) is 0. The molecular weight excluding hydrogens is 230 g/mol. The second-order valence-electron chi connectivity index (χ2n) is 3.54. The lowest BCUT2D eigenvalue weighted by Crippen LogP contribution is -2.25. The fourth-order valence-corrected chi connectivity index (χ4v) is 1.31. The van der Waals surface area contributed by atoms with Crippen LogP contribution in [0.1, 0.15) is 12.5 Å². The van der Waals surface area contributed by atoms with Crippen molar-refractivity contribution in [2.45, 2.75) is 13.5 Å². The third-order valence-corrected chi connectivity index (χ3v) is 2.45. The molecule has 0 saturated carbocycles. The quantitative estimate of drug-likeness (QED) is 0.820. The summed E-state index contributed by atoms with van der Waals surface area (Å²) < 4.78 is 5.34. The van der Waals surface area contributed by atoms with Gasteiger partial charge in [-0.1, -0.05) is 24.6 Å². The van der Waals surface area contributed by atoms with E-state index >= 15 is 0 Å². The van der Waals surface area contributed by atoms with E-state index in [1.54, 1.807) is 25.1 Å². The molecule has 0 aliphatic carbocycles. The van der Waals surface area contributed by atoms with Gasteiger partial charge in [0.1, 0.15) is 5.75 Å². The zero-order chi connectivity index (χ0) is 12.1. The molecule has 16 heavy (non-hydrogen) atoms. The largest absolute Gasteiger partial charge is 0.491 e. The number of hydrogen-bond acceptors (Lipinski definition) is 3. The molecule has 1 unspecified atom stereocenters. The van der Waals surface area contributed by atoms with E-state index in [9.17, 15) is 4.79 Å². The van der Waals surface area contributed by atoms with Crippen molar-refractivity contribution in [1.29, 1.82) is 0 Å². The Morgan fingerprint density at radius 1 is 1.62 bits per heavy atom. The zero-order valence-corrected chi connectivity index (χ0v) is 9.70. The Morgan fingerprint density at radius 3 is 2.81 bits per heavy atom. The number of hydrogen-bond donors (Lipinski definition) is 2. The monoisotopic (exact) mass is 243 g/mol. The molecule has 0 radical (unpaired) electrons. The summed E-state index contributed by atoms with van der Waals surface area (Å²) in [5, 5.41) is 9.29. The lowest BCUT2D eigenvalue weighted by Gasteiger charge is -2.11. The molecule has 1 atom stereocenters. The Morgan fingerprint density at radius 2 is 2.31 bits per heavy atom. The molecule has 0 aliphatic rings. The maximum atomic E-state index is 10.8. The Hall–Kier alpha value is -1.26. The van der Waals surface area contributed by atoms with E-state index in [0.29, 0.717) is 16.3 Å². The van der Waals surface area contributed by atoms with Gasteiger partial charge in [-0.3, -0.25) is 4.79 Å². The van der Waals surface area contributed by atoms with Crippen molar-refractivity contribution in [2.24, 2.45) is 11.7 Å². The number of carbonyl (C=O) groups excluding carboxylic acids is 1. The molecule has 0 bridgehead atoms. The molecule has 0 spiro atoms. The molecule has 0 saturated heterocycles. The van der Waals surface area contributed by atoms with Gasteiger partial charge in [-0.25, -0.2) is 0 Å². The average molecular weight is 244 g/mol. The number of halogens is 1. The van der Waals surface area contributed by atoms with Gasteiger partial charge in [0.2, 0.25) is 5.91 Å². The lowest BCUT2D eigenvalue weighted by atomic mass is 10.2. The standard InChI is InChI=1S/C11H14ClNO3/c1-7(11(13)15)6-16-10-3-2-8(5-14)4-9(10)12/h2-4,7,14H,5-6H2,1H3,(H2,13,15). The van der Waals surface area contributed by atoms with Gasteiger partial charge in [-0.2, -0.15) is 0 Å². The second kappa shape index (κ2) is 5.72. The smallest absolute Gasteiger partial charge is 0.223 e. The average Bonchev–Trinajstić information content (AvgIpc) is 2.26. The number of rotatable bonds is 5. The van der Waals surface area contributed by atoms with E-state index in [1.165, 1.54) is 0 Å². The number of ether oxygens (including phenoxy) is 1. The van der Waals surface area contributed by atoms with Crippen LogP contribution in [0.4, 0.5) is 0 Å². The first-order chi connectivity index (χ1) is 7.54. The predicted octanol–water partition coefficient (Wildman–Crippen LogP) is 1.33. The van der Waals surface area contributed by atoms with Crippen LogP contribution in [0.5, 0.6) is 5.75 Å². The molecule has 1 amide bonds. The van der Waals surface area contributed by atoms with Crippen LogP contribution in [0.15, 0.2) is 18.2 Å². The minimum absolute atomic E-state index is 0.0717. The van der Waals surface area contributed by atoms with E-state index in [2.05, 4.69) is 0 Å². The third kappa shape index (κ3) is 3.40. The third-order valence-electron chi connectivity index (χ3n) is 2.15. The summed E-state index contributed by atoms with van der Waals surface area (Å²) in [5.41, 5.74) is 5.81. The van der Waals surface area contributed by atoms with Crippen LogP contribution < -0.4 is 10.5 Å². The van der Waals surface area contributed by atoms with Crippen molar-refractivity contribution in [3.8, 4) is 5.75 Å². The number of amides is 1. The van der Waals surface area contributed by atoms with Crippen molar-refractivity contribution in [3.05, 3.63) is 28.8 Å². The second-order valence-corrected chi connectivity index (χ2v) is 3.94. The van der Waals surface area contributed by atoms with Crippen molar-refractivity contribution >= 4 is 17.5 Å². The van der Waals surface area contributed by atoms with Crippen molar-refractivity contribution < 1.29 is 14.6 Å². The van der Waals surface area contributed by atoms with Gasteiger partial charge in [0.05, 0.1) is 24.2 Å². The summed E-state index contributed by atoms with van der Waals surface area (Å²) >= 11 is 5.92. The Labute approximate surface area is 99.0 Å². The minimum atomic E-state index is -0.414. The normalized spacial score (nSPS) is 12.2. The molecule has 1 aromatic rings. The summed E-state index contributed by atoms with van der Waals surface area (Å²) in [6.45, 7) is 1.80. The maximum Gasteiger partial charge on any atom is 0.223 e. The molecule has 0 aliphatic heterocycles. The van der Waals surface area contributed by atoms with Gasteiger partial charge in [-0.05, 0) is 17.7 Å². The van der Waals surface area contributed by atoms with E-state index in [1.807, 2.05) is 0 Å². The van der Waals surface area contributed by atoms with E-state index < -0.39 is 5.91 Å². The summed E-state index contributed by atoms with van der Waals surface area (Å²) in [5.74, 6) is -0.302. The first-order valence-corrected chi connectivity index (χ1v) is 5.23. The Kier molecular flexibility index (Phi) is 4.58. The highest BCUT2D eigenvalue weighted by Gasteiger charge is 2.10. The number of nitrogens with two attached hydrogens (primary N) is 1. The van der Waals surface area contributed by atoms with E-state index in [0.717, 1.165) is 0 Å². The molecule has 4 nitrogen and oxygen atoms in total. The number of primary amides is 1. The molecule has 88 valence electrons. The number of carbonyl (C=O) groups is 1. The Balaban J connectivity index is 2.64. The minimum Gasteiger partial charge on any atom is -0.491 e. The van der Waals surface area contributed by atoms with Crippen molar-refractivity contribution in [1.82, 2.24) is 0 Å². The molecule has 5 heteroatoms. The highest BCUT2D eigenvalue weighted by Crippen LogP contribution is 2.25. The highest BCUT2D eigenvalue weighted by molar-refractivity contribution is 6.32. The molecule has 1 aromatic carbocycles. The van der Waals surface area contributed by atoms with Gasteiger partial charge in [-0.15, -0.1) is 0 Å². The highest BCUT2D eigenvalue weighted by atomic mass is 35.5. The van der Waals surface area contributed by atoms with Crippen LogP contribution in [0.25, 0.3) is 0 Å². The van der Waals surface area contributed by atoms with Crippen molar-refractivity contribution in [2.75, 3.05) is 6.61 Å². The first kappa shape index (κ1) is 12.8. The molecule has 0 aromatic heterocycles. The van der Waals surface area contributed by atoms with Crippen LogP contribution >= 0.6 is 11.6 Å². The number of aliphatic hydroxyl groups excluding tert-OH is 1.